The van der Waals surface area contributed by atoms with Gasteiger partial charge in [0.05, 0.1) is 18.7 Å². The topological polar surface area (TPSA) is 70.1 Å². The van der Waals surface area contributed by atoms with Gasteiger partial charge < -0.3 is 19.6 Å². The molecule has 158 valence electrons. The number of hydrogen-bond acceptors (Lipinski definition) is 5. The smallest absolute Gasteiger partial charge is 0.295 e. The van der Waals surface area contributed by atoms with Gasteiger partial charge in [-0.15, -0.1) is 0 Å². The van der Waals surface area contributed by atoms with Crippen molar-refractivity contribution in [3.8, 4) is 5.75 Å². The second kappa shape index (κ2) is 9.13. The van der Waals surface area contributed by atoms with Crippen molar-refractivity contribution in [3.63, 3.8) is 0 Å². The highest BCUT2D eigenvalue weighted by Gasteiger charge is 2.45. The lowest BCUT2D eigenvalue weighted by Gasteiger charge is -2.26. The third-order valence-electron chi connectivity index (χ3n) is 5.35. The first-order valence-corrected chi connectivity index (χ1v) is 9.98. The molecule has 0 radical (unpaired) electrons. The summed E-state index contributed by atoms with van der Waals surface area (Å²) in [7, 11) is 5.51. The van der Waals surface area contributed by atoms with Gasteiger partial charge in [0.1, 0.15) is 11.5 Å². The summed E-state index contributed by atoms with van der Waals surface area (Å²) in [5, 5.41) is 11.1. The summed E-state index contributed by atoms with van der Waals surface area (Å²) in [5.74, 6) is -0.720. The van der Waals surface area contributed by atoms with Crippen LogP contribution in [0.4, 0.5) is 0 Å². The van der Waals surface area contributed by atoms with E-state index in [4.69, 9.17) is 4.74 Å². The van der Waals surface area contributed by atoms with Crippen molar-refractivity contribution in [1.82, 2.24) is 9.80 Å². The van der Waals surface area contributed by atoms with Crippen molar-refractivity contribution >= 4 is 17.4 Å². The Morgan fingerprint density at radius 1 is 1.13 bits per heavy atom. The number of nitrogens with zero attached hydrogens (tertiary/aromatic N) is 2. The standard InChI is InChI=1S/C24H28N2O4/c1-16-15-18(30-4)11-12-19(16)22(27)20-21(17-9-6-5-7-10-17)26(24(29)23(20)28)14-8-13-25(2)3/h5-7,9-12,15,21,27H,8,13-14H2,1-4H3/t21-/m1/s1. The van der Waals surface area contributed by atoms with Crippen LogP contribution in [0.3, 0.4) is 0 Å². The predicted molar refractivity (Wildman–Crippen MR) is 116 cm³/mol. The molecular weight excluding hydrogens is 380 g/mol. The van der Waals surface area contributed by atoms with E-state index >= 15 is 0 Å². The molecule has 6 heteroatoms. The molecule has 0 aliphatic carbocycles. The maximum Gasteiger partial charge on any atom is 0.295 e. The fraction of sp³-hybridized carbons (Fsp3) is 0.333. The van der Waals surface area contributed by atoms with Crippen molar-refractivity contribution in [2.24, 2.45) is 0 Å². The summed E-state index contributed by atoms with van der Waals surface area (Å²) < 4.78 is 5.23. The summed E-state index contributed by atoms with van der Waals surface area (Å²) >= 11 is 0. The highest BCUT2D eigenvalue weighted by atomic mass is 16.5. The number of amides is 1. The lowest BCUT2D eigenvalue weighted by atomic mass is 9.94. The Morgan fingerprint density at radius 3 is 2.43 bits per heavy atom. The Hall–Kier alpha value is -3.12. The zero-order valence-electron chi connectivity index (χ0n) is 17.9. The van der Waals surface area contributed by atoms with Crippen LogP contribution in [0.1, 0.15) is 29.2 Å². The highest BCUT2D eigenvalue weighted by molar-refractivity contribution is 6.46. The zero-order valence-corrected chi connectivity index (χ0v) is 17.9. The molecule has 30 heavy (non-hydrogen) atoms. The number of carbonyl (C=O) groups excluding carboxylic acids is 2. The first-order valence-electron chi connectivity index (χ1n) is 9.98. The number of aliphatic hydroxyl groups is 1. The minimum atomic E-state index is -0.651. The quantitative estimate of drug-likeness (QED) is 0.432. The number of carbonyl (C=O) groups is 2. The average Bonchev–Trinajstić information content (AvgIpc) is 2.98. The lowest BCUT2D eigenvalue weighted by Crippen LogP contribution is -2.32. The van der Waals surface area contributed by atoms with Crippen molar-refractivity contribution in [2.75, 3.05) is 34.3 Å². The van der Waals surface area contributed by atoms with Crippen LogP contribution in [0.2, 0.25) is 0 Å². The molecule has 1 fully saturated rings. The number of aliphatic hydroxyl groups excluding tert-OH is 1. The van der Waals surface area contributed by atoms with Gasteiger partial charge in [0.25, 0.3) is 11.7 Å². The molecule has 1 N–H and O–H groups in total. The van der Waals surface area contributed by atoms with E-state index in [0.29, 0.717) is 17.9 Å². The molecule has 0 unspecified atom stereocenters. The van der Waals surface area contributed by atoms with Gasteiger partial charge in [0.15, 0.2) is 0 Å². The molecule has 0 bridgehead atoms. The highest BCUT2D eigenvalue weighted by Crippen LogP contribution is 2.40. The maximum absolute atomic E-state index is 13.0. The summed E-state index contributed by atoms with van der Waals surface area (Å²) in [4.78, 5) is 29.5. The van der Waals surface area contributed by atoms with Crippen molar-refractivity contribution in [3.05, 3.63) is 70.8 Å². The molecule has 1 heterocycles. The lowest BCUT2D eigenvalue weighted by molar-refractivity contribution is -0.139. The Balaban J connectivity index is 2.09. The van der Waals surface area contributed by atoms with E-state index in [1.165, 1.54) is 0 Å². The fourth-order valence-electron chi connectivity index (χ4n) is 3.82. The molecular formula is C24H28N2O4. The van der Waals surface area contributed by atoms with Gasteiger partial charge in [-0.1, -0.05) is 30.3 Å². The van der Waals surface area contributed by atoms with Gasteiger partial charge in [-0.05, 0) is 63.3 Å². The molecule has 0 aromatic heterocycles. The largest absolute Gasteiger partial charge is 0.507 e. The van der Waals surface area contributed by atoms with Crippen molar-refractivity contribution in [2.45, 2.75) is 19.4 Å². The number of aryl methyl sites for hydroxylation is 1. The van der Waals surface area contributed by atoms with Crippen LogP contribution in [-0.2, 0) is 9.59 Å². The zero-order chi connectivity index (χ0) is 21.8. The summed E-state index contributed by atoms with van der Waals surface area (Å²) in [6, 6.07) is 14.0. The number of benzene rings is 2. The Kier molecular flexibility index (Phi) is 6.57. The fourth-order valence-corrected chi connectivity index (χ4v) is 3.82. The third kappa shape index (κ3) is 4.24. The first-order chi connectivity index (χ1) is 14.3. The summed E-state index contributed by atoms with van der Waals surface area (Å²) in [6.07, 6.45) is 0.727. The molecule has 1 saturated heterocycles. The van der Waals surface area contributed by atoms with E-state index in [-0.39, 0.29) is 11.3 Å². The molecule has 2 aromatic carbocycles. The van der Waals surface area contributed by atoms with E-state index in [2.05, 4.69) is 0 Å². The van der Waals surface area contributed by atoms with Gasteiger partial charge in [0, 0.05) is 12.1 Å². The van der Waals surface area contributed by atoms with Crippen LogP contribution in [0.15, 0.2) is 54.1 Å². The van der Waals surface area contributed by atoms with E-state index in [1.807, 2.05) is 56.3 Å². The van der Waals surface area contributed by atoms with Gasteiger partial charge in [-0.2, -0.15) is 0 Å². The monoisotopic (exact) mass is 408 g/mol. The number of hydrogen-bond donors (Lipinski definition) is 1. The maximum atomic E-state index is 13.0. The van der Waals surface area contributed by atoms with Crippen molar-refractivity contribution < 1.29 is 19.4 Å². The molecule has 1 aliphatic rings. The Labute approximate surface area is 177 Å². The number of rotatable bonds is 7. The van der Waals surface area contributed by atoms with Gasteiger partial charge in [0.2, 0.25) is 0 Å². The Bertz CT molecular complexity index is 966. The number of methoxy groups -OCH3 is 1. The van der Waals surface area contributed by atoms with E-state index < -0.39 is 17.7 Å². The molecule has 0 saturated carbocycles. The molecule has 1 atom stereocenters. The van der Waals surface area contributed by atoms with Gasteiger partial charge in [-0.25, -0.2) is 0 Å². The normalized spacial score (nSPS) is 18.3. The summed E-state index contributed by atoms with van der Waals surface area (Å²) in [5.41, 5.74) is 2.21. The number of Topliss-reactive ketones (excluding diaryl/α,β-unsaturated/α-hetero) is 1. The van der Waals surface area contributed by atoms with E-state index in [0.717, 1.165) is 24.1 Å². The molecule has 1 amide bonds. The molecule has 3 rings (SSSR count). The molecule has 6 nitrogen and oxygen atoms in total. The minimum Gasteiger partial charge on any atom is -0.507 e. The van der Waals surface area contributed by atoms with Crippen LogP contribution in [0, 0.1) is 6.92 Å². The molecule has 2 aromatic rings. The van der Waals surface area contributed by atoms with Crippen molar-refractivity contribution in [1.29, 1.82) is 0 Å². The number of ether oxygens (including phenoxy) is 1. The number of likely N-dealkylation sites (tertiary alicyclic amines) is 1. The minimum absolute atomic E-state index is 0.129. The predicted octanol–water partition coefficient (Wildman–Crippen LogP) is 3.38. The summed E-state index contributed by atoms with van der Waals surface area (Å²) in [6.45, 7) is 3.06. The Morgan fingerprint density at radius 2 is 1.83 bits per heavy atom. The van der Waals surface area contributed by atoms with Crippen LogP contribution in [0.25, 0.3) is 5.76 Å². The average molecular weight is 408 g/mol. The third-order valence-corrected chi connectivity index (χ3v) is 5.35. The van der Waals surface area contributed by atoms with E-state index in [9.17, 15) is 14.7 Å². The number of ketones is 1. The molecule has 0 spiro atoms. The van der Waals surface area contributed by atoms with Crippen LogP contribution in [0.5, 0.6) is 5.75 Å². The van der Waals surface area contributed by atoms with Crippen LogP contribution >= 0.6 is 0 Å². The van der Waals surface area contributed by atoms with E-state index in [1.54, 1.807) is 30.2 Å². The SMILES string of the molecule is COc1ccc(C(O)=C2C(=O)C(=O)N(CCCN(C)C)[C@@H]2c2ccccc2)c(C)c1. The van der Waals surface area contributed by atoms with Crippen LogP contribution in [-0.4, -0.2) is 60.9 Å². The van der Waals surface area contributed by atoms with Gasteiger partial charge >= 0.3 is 0 Å². The van der Waals surface area contributed by atoms with Crippen LogP contribution < -0.4 is 4.74 Å². The second-order valence-electron chi connectivity index (χ2n) is 7.74. The first kappa shape index (κ1) is 21.6. The molecule has 1 aliphatic heterocycles. The van der Waals surface area contributed by atoms with Gasteiger partial charge in [-0.3, -0.25) is 9.59 Å². The second-order valence-corrected chi connectivity index (χ2v) is 7.74.